The number of piperidine rings is 1. The molecule has 1 heterocycles. The molecule has 6 heteroatoms. The largest absolute Gasteiger partial charge is 0.382 e. The fraction of sp³-hybridized carbons (Fsp3) is 0.512. The van der Waals surface area contributed by atoms with Crippen LogP contribution in [0.5, 0.6) is 0 Å². The molecule has 5 rings (SSSR count). The molecule has 3 aromatic carbocycles. The molecule has 5 nitrogen and oxygen atoms in total. The fourth-order valence-electron chi connectivity index (χ4n) is 6.75. The Labute approximate surface area is 290 Å². The third-order valence-electron chi connectivity index (χ3n) is 9.60. The zero-order chi connectivity index (χ0) is 33.9. The number of rotatable bonds is 11. The van der Waals surface area contributed by atoms with E-state index in [-0.39, 0.29) is 17.2 Å². The van der Waals surface area contributed by atoms with Gasteiger partial charge in [0.15, 0.2) is 0 Å². The van der Waals surface area contributed by atoms with E-state index in [1.54, 1.807) is 6.92 Å². The van der Waals surface area contributed by atoms with Gasteiger partial charge < -0.3 is 15.1 Å². The van der Waals surface area contributed by atoms with Crippen LogP contribution in [-0.2, 0) is 16.0 Å². The lowest BCUT2D eigenvalue weighted by molar-refractivity contribution is -0.119. The smallest absolute Gasteiger partial charge is 0.226 e. The summed E-state index contributed by atoms with van der Waals surface area (Å²) in [5, 5.41) is 3.34. The Morgan fingerprint density at radius 1 is 0.787 bits per heavy atom. The maximum Gasteiger partial charge on any atom is 0.226 e. The van der Waals surface area contributed by atoms with Gasteiger partial charge in [0.1, 0.15) is 0 Å². The standard InChI is InChI=1S/C24H32N2O.C14H21N.C3H5ClO/c1-3-24(27)26(23-14-8-5-9-15-23)20(2)22-13-10-17-25(19-22)18-16-21-11-6-4-7-12-21;1-12(13-8-4-2-5-9-13)15-14-10-6-3-7-11-14;1-2-3(4)5/h4-9,11-12,14-15,20,22H,3,10,13,16-19H2,1-2H3;3,6-7,10-13,15H,2,4-5,8-9H2,1H3;2H2,1H3. The first-order valence-electron chi connectivity index (χ1n) is 18.0. The number of benzene rings is 3. The highest BCUT2D eigenvalue weighted by molar-refractivity contribution is 6.63. The summed E-state index contributed by atoms with van der Waals surface area (Å²) in [7, 11) is 0. The van der Waals surface area contributed by atoms with Crippen molar-refractivity contribution in [2.75, 3.05) is 29.9 Å². The van der Waals surface area contributed by atoms with E-state index in [1.807, 2.05) is 30.0 Å². The first kappa shape index (κ1) is 38.3. The van der Waals surface area contributed by atoms with Crippen molar-refractivity contribution in [1.29, 1.82) is 0 Å². The van der Waals surface area contributed by atoms with E-state index in [9.17, 15) is 9.59 Å². The van der Waals surface area contributed by atoms with Gasteiger partial charge >= 0.3 is 0 Å². The van der Waals surface area contributed by atoms with E-state index >= 15 is 0 Å². The van der Waals surface area contributed by atoms with Crippen LogP contribution >= 0.6 is 11.6 Å². The van der Waals surface area contributed by atoms with Crippen LogP contribution in [0.2, 0.25) is 0 Å². The number of nitrogens with one attached hydrogen (secondary N) is 1. The lowest BCUT2D eigenvalue weighted by Gasteiger charge is -2.40. The normalized spacial score (nSPS) is 17.9. The summed E-state index contributed by atoms with van der Waals surface area (Å²) in [6.07, 6.45) is 11.6. The van der Waals surface area contributed by atoms with Gasteiger partial charge in [-0.25, -0.2) is 0 Å². The summed E-state index contributed by atoms with van der Waals surface area (Å²) < 4.78 is 0. The minimum Gasteiger partial charge on any atom is -0.382 e. The van der Waals surface area contributed by atoms with Crippen LogP contribution < -0.4 is 10.2 Å². The average molecular weight is 660 g/mol. The molecule has 1 aliphatic heterocycles. The highest BCUT2D eigenvalue weighted by Crippen LogP contribution is 2.29. The molecule has 1 saturated carbocycles. The summed E-state index contributed by atoms with van der Waals surface area (Å²) in [4.78, 5) is 26.9. The van der Waals surface area contributed by atoms with Crippen molar-refractivity contribution in [3.63, 3.8) is 0 Å². The maximum absolute atomic E-state index is 12.7. The lowest BCUT2D eigenvalue weighted by atomic mass is 9.84. The Hall–Kier alpha value is -3.15. The van der Waals surface area contributed by atoms with Crippen LogP contribution in [0.3, 0.4) is 0 Å². The molecule has 2 aliphatic rings. The zero-order valence-electron chi connectivity index (χ0n) is 29.3. The third kappa shape index (κ3) is 13.9. The van der Waals surface area contributed by atoms with E-state index in [0.717, 1.165) is 31.1 Å². The molecule has 0 radical (unpaired) electrons. The molecule has 0 bridgehead atoms. The number of hydrogen-bond acceptors (Lipinski definition) is 4. The summed E-state index contributed by atoms with van der Waals surface area (Å²) in [5.41, 5.74) is 3.69. The number of nitrogens with zero attached hydrogens (tertiary/aromatic N) is 2. The molecule has 1 saturated heterocycles. The Balaban J connectivity index is 0.000000251. The molecule has 1 N–H and O–H groups in total. The van der Waals surface area contributed by atoms with E-state index in [4.69, 9.17) is 11.6 Å². The third-order valence-corrected chi connectivity index (χ3v) is 9.87. The minimum absolute atomic E-state index is 0.218. The molecule has 0 aromatic heterocycles. The fourth-order valence-corrected chi connectivity index (χ4v) is 6.75. The monoisotopic (exact) mass is 659 g/mol. The van der Waals surface area contributed by atoms with Crippen molar-refractivity contribution < 1.29 is 9.59 Å². The van der Waals surface area contributed by atoms with E-state index in [0.29, 0.717) is 24.8 Å². The van der Waals surface area contributed by atoms with Gasteiger partial charge in [-0.15, -0.1) is 0 Å². The van der Waals surface area contributed by atoms with Crippen molar-refractivity contribution >= 4 is 34.1 Å². The SMILES string of the molecule is CC(Nc1ccccc1)C1CCCCC1.CCC(=O)Cl.CCC(=O)N(c1ccccc1)C(C)C1CCCN(CCc2ccccc2)C1. The van der Waals surface area contributed by atoms with Crippen LogP contribution in [0, 0.1) is 11.8 Å². The number of carbonyl (C=O) groups is 2. The van der Waals surface area contributed by atoms with E-state index in [2.05, 4.69) is 96.9 Å². The molecule has 1 aliphatic carbocycles. The van der Waals surface area contributed by atoms with Gasteiger partial charge in [0, 0.05) is 49.4 Å². The second-order valence-electron chi connectivity index (χ2n) is 13.0. The molecule has 3 aromatic rings. The zero-order valence-corrected chi connectivity index (χ0v) is 30.0. The van der Waals surface area contributed by atoms with Crippen LogP contribution in [0.15, 0.2) is 91.0 Å². The topological polar surface area (TPSA) is 52.7 Å². The molecular formula is C41H58ClN3O2. The van der Waals surface area contributed by atoms with Crippen molar-refractivity contribution in [3.8, 4) is 0 Å². The molecular weight excluding hydrogens is 602 g/mol. The van der Waals surface area contributed by atoms with Crippen LogP contribution in [-0.4, -0.2) is 47.8 Å². The molecule has 0 spiro atoms. The summed E-state index contributed by atoms with van der Waals surface area (Å²) in [6.45, 7) is 11.6. The number of para-hydroxylation sites is 2. The van der Waals surface area contributed by atoms with Crippen LogP contribution in [0.1, 0.15) is 91.0 Å². The number of hydrogen-bond donors (Lipinski definition) is 1. The molecule has 2 fully saturated rings. The van der Waals surface area contributed by atoms with Gasteiger partial charge in [-0.05, 0) is 106 Å². The van der Waals surface area contributed by atoms with Crippen LogP contribution in [0.4, 0.5) is 11.4 Å². The first-order chi connectivity index (χ1) is 22.8. The van der Waals surface area contributed by atoms with Crippen LogP contribution in [0.25, 0.3) is 0 Å². The van der Waals surface area contributed by atoms with Crippen molar-refractivity contribution in [1.82, 2.24) is 4.90 Å². The molecule has 47 heavy (non-hydrogen) atoms. The summed E-state index contributed by atoms with van der Waals surface area (Å²) >= 11 is 4.82. The maximum atomic E-state index is 12.7. The predicted octanol–water partition coefficient (Wildman–Crippen LogP) is 10.0. The average Bonchev–Trinajstić information content (AvgIpc) is 3.13. The second-order valence-corrected chi connectivity index (χ2v) is 13.5. The van der Waals surface area contributed by atoms with E-state index in [1.165, 1.54) is 62.7 Å². The molecule has 3 unspecified atom stereocenters. The van der Waals surface area contributed by atoms with Gasteiger partial charge in [0.25, 0.3) is 0 Å². The quantitative estimate of drug-likeness (QED) is 0.208. The highest BCUT2D eigenvalue weighted by Gasteiger charge is 2.31. The van der Waals surface area contributed by atoms with Crippen molar-refractivity contribution in [3.05, 3.63) is 96.6 Å². The Morgan fingerprint density at radius 3 is 1.91 bits per heavy atom. The molecule has 3 atom stereocenters. The lowest BCUT2D eigenvalue weighted by Crippen LogP contribution is -2.49. The Kier molecular flexibility index (Phi) is 17.7. The number of likely N-dealkylation sites (tertiary alicyclic amines) is 1. The second kappa shape index (κ2) is 21.7. The number of carbonyl (C=O) groups excluding carboxylic acids is 2. The van der Waals surface area contributed by atoms with Gasteiger partial charge in [-0.1, -0.05) is 99.8 Å². The number of anilines is 2. The van der Waals surface area contributed by atoms with Gasteiger partial charge in [0.2, 0.25) is 11.1 Å². The summed E-state index contributed by atoms with van der Waals surface area (Å²) in [6, 6.07) is 32.3. The molecule has 256 valence electrons. The van der Waals surface area contributed by atoms with Crippen molar-refractivity contribution in [2.45, 2.75) is 104 Å². The Bertz CT molecular complexity index is 1270. The van der Waals surface area contributed by atoms with E-state index < -0.39 is 0 Å². The highest BCUT2D eigenvalue weighted by atomic mass is 35.5. The molecule has 1 amide bonds. The van der Waals surface area contributed by atoms with Crippen molar-refractivity contribution in [2.24, 2.45) is 11.8 Å². The predicted molar refractivity (Wildman–Crippen MR) is 200 cm³/mol. The van der Waals surface area contributed by atoms with Gasteiger partial charge in [-0.3, -0.25) is 9.59 Å². The number of amides is 1. The first-order valence-corrected chi connectivity index (χ1v) is 18.3. The summed E-state index contributed by atoms with van der Waals surface area (Å²) in [5.74, 6) is 1.61. The number of halogens is 1. The van der Waals surface area contributed by atoms with Gasteiger partial charge in [0.05, 0.1) is 0 Å². The minimum atomic E-state index is -0.273. The Morgan fingerprint density at radius 2 is 1.34 bits per heavy atom. The van der Waals surface area contributed by atoms with Gasteiger partial charge in [-0.2, -0.15) is 0 Å².